The molecule has 0 atom stereocenters. The predicted octanol–water partition coefficient (Wildman–Crippen LogP) is 1.93. The summed E-state index contributed by atoms with van der Waals surface area (Å²) < 4.78 is 6.33. The third-order valence-electron chi connectivity index (χ3n) is 5.14. The van der Waals surface area contributed by atoms with Gasteiger partial charge in [0.2, 0.25) is 5.91 Å². The maximum absolute atomic E-state index is 12.5. The summed E-state index contributed by atoms with van der Waals surface area (Å²) in [6, 6.07) is 12.6. The number of carbonyl (C=O) groups is 1. The molecule has 2 heterocycles. The Labute approximate surface area is 171 Å². The van der Waals surface area contributed by atoms with Crippen LogP contribution in [0.2, 0.25) is 0 Å². The van der Waals surface area contributed by atoms with Crippen LogP contribution in [-0.4, -0.2) is 34.1 Å². The van der Waals surface area contributed by atoms with E-state index in [9.17, 15) is 14.4 Å². The van der Waals surface area contributed by atoms with Crippen molar-refractivity contribution in [3.8, 4) is 5.75 Å². The monoisotopic (exact) mass is 406 g/mol. The number of methoxy groups -OCH3 is 1. The van der Waals surface area contributed by atoms with E-state index in [-0.39, 0.29) is 18.9 Å². The van der Waals surface area contributed by atoms with E-state index in [1.165, 1.54) is 0 Å². The minimum Gasteiger partial charge on any atom is -0.497 e. The highest BCUT2D eigenvalue weighted by Crippen LogP contribution is 2.23. The van der Waals surface area contributed by atoms with Gasteiger partial charge in [0.05, 0.1) is 18.0 Å². The summed E-state index contributed by atoms with van der Waals surface area (Å²) in [5.74, 6) is 0.560. The molecule has 4 rings (SSSR count). The van der Waals surface area contributed by atoms with Crippen molar-refractivity contribution in [1.29, 1.82) is 0 Å². The van der Waals surface area contributed by atoms with Crippen molar-refractivity contribution in [2.45, 2.75) is 19.4 Å². The van der Waals surface area contributed by atoms with Crippen LogP contribution in [0.4, 0.5) is 0 Å². The lowest BCUT2D eigenvalue weighted by atomic mass is 10.1. The maximum atomic E-state index is 12.5. The van der Waals surface area contributed by atoms with Gasteiger partial charge in [-0.2, -0.15) is 0 Å². The van der Waals surface area contributed by atoms with Crippen LogP contribution in [0.1, 0.15) is 12.0 Å². The summed E-state index contributed by atoms with van der Waals surface area (Å²) in [6.45, 7) is 0.473. The van der Waals surface area contributed by atoms with Gasteiger partial charge in [-0.1, -0.05) is 12.1 Å². The molecule has 0 aliphatic rings. The average molecular weight is 406 g/mol. The quantitative estimate of drug-likeness (QED) is 0.436. The van der Waals surface area contributed by atoms with E-state index in [4.69, 9.17) is 4.74 Å². The lowest BCUT2D eigenvalue weighted by molar-refractivity contribution is -0.121. The van der Waals surface area contributed by atoms with Crippen LogP contribution in [0.15, 0.2) is 58.3 Å². The highest BCUT2D eigenvalue weighted by atomic mass is 16.5. The van der Waals surface area contributed by atoms with Gasteiger partial charge in [0.1, 0.15) is 5.75 Å². The molecule has 3 N–H and O–H groups in total. The fourth-order valence-corrected chi connectivity index (χ4v) is 3.53. The normalized spacial score (nSPS) is 11.1. The fourth-order valence-electron chi connectivity index (χ4n) is 3.53. The molecule has 0 saturated carbocycles. The third-order valence-corrected chi connectivity index (χ3v) is 5.14. The number of benzene rings is 2. The fraction of sp³-hybridized carbons (Fsp3) is 0.227. The van der Waals surface area contributed by atoms with Gasteiger partial charge in [-0.25, -0.2) is 4.79 Å². The Kier molecular flexibility index (Phi) is 5.38. The van der Waals surface area contributed by atoms with Gasteiger partial charge in [-0.05, 0) is 42.3 Å². The van der Waals surface area contributed by atoms with Gasteiger partial charge in [-0.15, -0.1) is 0 Å². The van der Waals surface area contributed by atoms with E-state index in [0.29, 0.717) is 23.9 Å². The van der Waals surface area contributed by atoms with Gasteiger partial charge in [-0.3, -0.25) is 14.2 Å². The molecule has 8 nitrogen and oxygen atoms in total. The van der Waals surface area contributed by atoms with Crippen LogP contribution in [-0.2, 0) is 17.8 Å². The van der Waals surface area contributed by atoms with E-state index in [2.05, 4.69) is 15.3 Å². The summed E-state index contributed by atoms with van der Waals surface area (Å²) in [6.07, 6.45) is 2.61. The van der Waals surface area contributed by atoms with E-state index >= 15 is 0 Å². The summed E-state index contributed by atoms with van der Waals surface area (Å²) in [4.78, 5) is 42.8. The van der Waals surface area contributed by atoms with Crippen molar-refractivity contribution in [3.05, 3.63) is 75.1 Å². The van der Waals surface area contributed by atoms with Crippen LogP contribution < -0.4 is 21.3 Å². The van der Waals surface area contributed by atoms with Crippen molar-refractivity contribution < 1.29 is 9.53 Å². The Bertz CT molecular complexity index is 1330. The second kappa shape index (κ2) is 8.28. The first-order chi connectivity index (χ1) is 14.6. The number of fused-ring (bicyclic) bond motifs is 2. The first kappa shape index (κ1) is 19.5. The zero-order valence-electron chi connectivity index (χ0n) is 16.5. The van der Waals surface area contributed by atoms with Crippen LogP contribution in [0, 0.1) is 0 Å². The topological polar surface area (TPSA) is 109 Å². The first-order valence-electron chi connectivity index (χ1n) is 9.69. The molecule has 0 unspecified atom stereocenters. The molecule has 0 radical (unpaired) electrons. The molecule has 0 spiro atoms. The molecular formula is C22H22N4O4. The minimum atomic E-state index is -0.515. The number of ether oxygens (including phenoxy) is 1. The van der Waals surface area contributed by atoms with Crippen molar-refractivity contribution >= 4 is 27.7 Å². The molecule has 4 aromatic rings. The SMILES string of the molecule is COc1ccc2[nH]cc(CCNC(=O)CCn3c(=O)[nH]c4ccccc4c3=O)c2c1. The lowest BCUT2D eigenvalue weighted by Crippen LogP contribution is -2.37. The summed E-state index contributed by atoms with van der Waals surface area (Å²) in [5.41, 5.74) is 1.66. The average Bonchev–Trinajstić information content (AvgIpc) is 3.15. The Hall–Kier alpha value is -3.81. The van der Waals surface area contributed by atoms with Crippen LogP contribution >= 0.6 is 0 Å². The Balaban J connectivity index is 1.37. The second-order valence-corrected chi connectivity index (χ2v) is 7.01. The molecular weight excluding hydrogens is 384 g/mol. The smallest absolute Gasteiger partial charge is 0.328 e. The van der Waals surface area contributed by atoms with Crippen LogP contribution in [0.25, 0.3) is 21.8 Å². The number of aromatic nitrogens is 3. The molecule has 2 aromatic heterocycles. The van der Waals surface area contributed by atoms with Crippen molar-refractivity contribution in [3.63, 3.8) is 0 Å². The Morgan fingerprint density at radius 3 is 2.77 bits per heavy atom. The number of aromatic amines is 2. The Morgan fingerprint density at radius 1 is 1.10 bits per heavy atom. The molecule has 1 amide bonds. The molecule has 0 aliphatic carbocycles. The van der Waals surface area contributed by atoms with Crippen molar-refractivity contribution in [2.24, 2.45) is 0 Å². The third kappa shape index (κ3) is 3.84. The van der Waals surface area contributed by atoms with Crippen molar-refractivity contribution in [2.75, 3.05) is 13.7 Å². The van der Waals surface area contributed by atoms with Crippen molar-refractivity contribution in [1.82, 2.24) is 19.9 Å². The standard InChI is InChI=1S/C22H22N4O4/c1-30-15-6-7-18-17(12-15)14(13-24-18)8-10-23-20(27)9-11-26-21(28)16-4-2-3-5-19(16)25-22(26)29/h2-7,12-13,24H,8-11H2,1H3,(H,23,27)(H,25,29). The van der Waals surface area contributed by atoms with Crippen LogP contribution in [0.3, 0.4) is 0 Å². The maximum Gasteiger partial charge on any atom is 0.328 e. The van der Waals surface area contributed by atoms with Gasteiger partial charge in [0.15, 0.2) is 0 Å². The molecule has 0 saturated heterocycles. The zero-order valence-corrected chi connectivity index (χ0v) is 16.5. The highest BCUT2D eigenvalue weighted by Gasteiger charge is 2.10. The Morgan fingerprint density at radius 2 is 1.93 bits per heavy atom. The minimum absolute atomic E-state index is 0.0229. The second-order valence-electron chi connectivity index (χ2n) is 7.01. The number of para-hydroxylation sites is 1. The van der Waals surface area contributed by atoms with Gasteiger partial charge >= 0.3 is 5.69 Å². The number of nitrogens with zero attached hydrogens (tertiary/aromatic N) is 1. The zero-order chi connectivity index (χ0) is 21.1. The number of rotatable bonds is 7. The predicted molar refractivity (Wildman–Crippen MR) is 115 cm³/mol. The van der Waals surface area contributed by atoms with E-state index < -0.39 is 11.2 Å². The number of hydrogen-bond acceptors (Lipinski definition) is 4. The molecule has 0 fully saturated rings. The molecule has 30 heavy (non-hydrogen) atoms. The summed E-state index contributed by atoms with van der Waals surface area (Å²) >= 11 is 0. The molecule has 8 heteroatoms. The number of hydrogen-bond donors (Lipinski definition) is 3. The van der Waals surface area contributed by atoms with Gasteiger partial charge in [0.25, 0.3) is 5.56 Å². The molecule has 154 valence electrons. The van der Waals surface area contributed by atoms with Gasteiger partial charge < -0.3 is 20.0 Å². The number of carbonyl (C=O) groups excluding carboxylic acids is 1. The largest absolute Gasteiger partial charge is 0.497 e. The summed E-state index contributed by atoms with van der Waals surface area (Å²) in [7, 11) is 1.62. The van der Waals surface area contributed by atoms with E-state index in [0.717, 1.165) is 26.8 Å². The molecule has 0 aliphatic heterocycles. The molecule has 0 bridgehead atoms. The van der Waals surface area contributed by atoms with E-state index in [1.54, 1.807) is 31.4 Å². The highest BCUT2D eigenvalue weighted by molar-refractivity contribution is 5.84. The number of amides is 1. The van der Waals surface area contributed by atoms with Crippen LogP contribution in [0.5, 0.6) is 5.75 Å². The van der Waals surface area contributed by atoms with Gasteiger partial charge in [0, 0.05) is 36.6 Å². The number of nitrogens with one attached hydrogen (secondary N) is 3. The molecule has 2 aromatic carbocycles. The van der Waals surface area contributed by atoms with E-state index in [1.807, 2.05) is 24.4 Å². The lowest BCUT2D eigenvalue weighted by Gasteiger charge is -2.08. The number of H-pyrrole nitrogens is 2. The first-order valence-corrected chi connectivity index (χ1v) is 9.69. The summed E-state index contributed by atoms with van der Waals surface area (Å²) in [5, 5.41) is 4.33.